The highest BCUT2D eigenvalue weighted by Crippen LogP contribution is 2.71. The maximum Gasteiger partial charge on any atom is 0.361 e. The van der Waals surface area contributed by atoms with Gasteiger partial charge in [-0.05, 0) is 30.9 Å². The molecule has 1 aromatic rings. The number of nitrogens with zero attached hydrogens (tertiary/aromatic N) is 2. The number of para-hydroxylation sites is 1. The number of aliphatic hydroxyl groups excluding tert-OH is 2. The molecule has 4 saturated heterocycles. The van der Waals surface area contributed by atoms with E-state index in [0.29, 0.717) is 17.0 Å². The van der Waals surface area contributed by atoms with Crippen LogP contribution in [0.2, 0.25) is 0 Å². The highest BCUT2D eigenvalue weighted by molar-refractivity contribution is 5.71. The lowest BCUT2D eigenvalue weighted by Crippen LogP contribution is -2.83. The minimum absolute atomic E-state index is 0.0954. The van der Waals surface area contributed by atoms with Crippen LogP contribution in [0.15, 0.2) is 24.3 Å². The summed E-state index contributed by atoms with van der Waals surface area (Å²) in [6.07, 6.45) is 1.69. The van der Waals surface area contributed by atoms with Gasteiger partial charge in [0.1, 0.15) is 6.04 Å². The van der Waals surface area contributed by atoms with E-state index in [-0.39, 0.29) is 47.9 Å². The minimum atomic E-state index is -0.565. The molecule has 6 nitrogen and oxygen atoms in total. The van der Waals surface area contributed by atoms with Gasteiger partial charge < -0.3 is 19.8 Å². The zero-order chi connectivity index (χ0) is 21.0. The Hall–Kier alpha value is -1.63. The van der Waals surface area contributed by atoms with E-state index in [1.165, 1.54) is 11.3 Å². The Bertz CT molecular complexity index is 907. The monoisotopic (exact) mass is 413 g/mol. The zero-order valence-electron chi connectivity index (χ0n) is 18.1. The first kappa shape index (κ1) is 19.1. The Kier molecular flexibility index (Phi) is 3.81. The SMILES string of the molecule is CCOC(=O)C[N+]12C3C[C@H](C(CC)[C@H]1O)C1[C@H]2CC2(c4ccccc4N(C)C32)[C@H]1O. The standard InChI is InChI=1S/C24H33N2O4/c1-4-13-14-10-17-21-24(15-8-6-7-9-16(15)25(21)3)11-18(20(14)22(24)28)26(17,23(13)29)12-19(27)30-5-2/h6-9,13-14,17-18,20-23,28-29H,4-5,10-12H2,1-3H3/q+1/t13?,14-,17?,18-,20?,21?,22+,23-,24?,26?/m1/s1. The van der Waals surface area contributed by atoms with Crippen molar-refractivity contribution >= 4 is 11.7 Å². The number of ether oxygens (including phenoxy) is 1. The Balaban J connectivity index is 1.57. The van der Waals surface area contributed by atoms with E-state index in [9.17, 15) is 15.0 Å². The summed E-state index contributed by atoms with van der Waals surface area (Å²) in [4.78, 5) is 15.2. The zero-order valence-corrected chi connectivity index (χ0v) is 18.1. The number of likely N-dealkylation sites (N-methyl/N-ethyl adjacent to an activating group) is 1. The fourth-order valence-electron chi connectivity index (χ4n) is 9.13. The minimum Gasteiger partial charge on any atom is -0.462 e. The third-order valence-electron chi connectivity index (χ3n) is 9.83. The van der Waals surface area contributed by atoms with Gasteiger partial charge >= 0.3 is 5.97 Å². The molecule has 1 saturated carbocycles. The number of rotatable bonds is 4. The predicted molar refractivity (Wildman–Crippen MR) is 112 cm³/mol. The smallest absolute Gasteiger partial charge is 0.361 e. The molecule has 7 rings (SSSR count). The molecule has 1 aromatic carbocycles. The van der Waals surface area contributed by atoms with Crippen LogP contribution in [0.1, 0.15) is 38.7 Å². The number of carbonyl (C=O) groups is 1. The van der Waals surface area contributed by atoms with Gasteiger partial charge in [-0.25, -0.2) is 4.79 Å². The second-order valence-corrected chi connectivity index (χ2v) is 10.3. The highest BCUT2D eigenvalue weighted by atomic mass is 16.5. The molecular weight excluding hydrogens is 380 g/mol. The van der Waals surface area contributed by atoms with Crippen molar-refractivity contribution in [3.63, 3.8) is 0 Å². The van der Waals surface area contributed by atoms with Crippen molar-refractivity contribution in [2.24, 2.45) is 17.8 Å². The van der Waals surface area contributed by atoms with Gasteiger partial charge in [0.2, 0.25) is 0 Å². The number of hydrogen-bond acceptors (Lipinski definition) is 5. The van der Waals surface area contributed by atoms with Crippen LogP contribution in [-0.4, -0.2) is 71.3 Å². The summed E-state index contributed by atoms with van der Waals surface area (Å²) in [7, 11) is 2.14. The Morgan fingerprint density at radius 2 is 2.03 bits per heavy atom. The van der Waals surface area contributed by atoms with Crippen LogP contribution < -0.4 is 4.90 Å². The number of piperidine rings is 4. The number of carbonyl (C=O) groups excluding carboxylic acids is 1. The Labute approximate surface area is 178 Å². The summed E-state index contributed by atoms with van der Waals surface area (Å²) in [6, 6.07) is 8.84. The third-order valence-corrected chi connectivity index (χ3v) is 9.83. The first-order valence-electron chi connectivity index (χ1n) is 11.6. The molecule has 1 aliphatic carbocycles. The van der Waals surface area contributed by atoms with Gasteiger partial charge in [0.05, 0.1) is 30.2 Å². The second-order valence-electron chi connectivity index (χ2n) is 10.3. The van der Waals surface area contributed by atoms with E-state index in [1.807, 2.05) is 6.92 Å². The topological polar surface area (TPSA) is 70.0 Å². The van der Waals surface area contributed by atoms with Crippen LogP contribution in [-0.2, 0) is 14.9 Å². The maximum absolute atomic E-state index is 12.8. The number of aliphatic hydroxyl groups is 2. The van der Waals surface area contributed by atoms with E-state index >= 15 is 0 Å². The van der Waals surface area contributed by atoms with E-state index < -0.39 is 12.3 Å². The van der Waals surface area contributed by atoms with Crippen LogP contribution in [0, 0.1) is 17.8 Å². The van der Waals surface area contributed by atoms with Crippen LogP contribution in [0.5, 0.6) is 0 Å². The summed E-state index contributed by atoms with van der Waals surface area (Å²) in [5.41, 5.74) is 2.17. The van der Waals surface area contributed by atoms with Crippen molar-refractivity contribution in [3.05, 3.63) is 29.8 Å². The fourth-order valence-corrected chi connectivity index (χ4v) is 9.13. The van der Waals surface area contributed by atoms with E-state index in [2.05, 4.69) is 43.1 Å². The van der Waals surface area contributed by atoms with Crippen molar-refractivity contribution in [2.75, 3.05) is 25.1 Å². The van der Waals surface area contributed by atoms with Crippen molar-refractivity contribution in [1.29, 1.82) is 0 Å². The number of fused-ring (bicyclic) bond motifs is 2. The number of quaternary nitrogens is 1. The van der Waals surface area contributed by atoms with E-state index in [1.54, 1.807) is 0 Å². The van der Waals surface area contributed by atoms with E-state index in [0.717, 1.165) is 19.3 Å². The molecule has 0 aromatic heterocycles. The van der Waals surface area contributed by atoms with Crippen molar-refractivity contribution in [2.45, 2.75) is 69.0 Å². The summed E-state index contributed by atoms with van der Waals surface area (Å²) in [5, 5.41) is 23.7. The fraction of sp³-hybridized carbons (Fsp3) is 0.708. The van der Waals surface area contributed by atoms with Crippen molar-refractivity contribution in [3.8, 4) is 0 Å². The molecule has 10 atom stereocenters. The molecule has 5 aliphatic heterocycles. The summed E-state index contributed by atoms with van der Waals surface area (Å²) >= 11 is 0. The quantitative estimate of drug-likeness (QED) is 0.580. The number of anilines is 1. The average Bonchev–Trinajstić information content (AvgIpc) is 3.11. The normalized spacial score (nSPS) is 49.3. The molecule has 30 heavy (non-hydrogen) atoms. The van der Waals surface area contributed by atoms with Gasteiger partial charge in [0.15, 0.2) is 12.8 Å². The molecule has 162 valence electrons. The molecule has 5 fully saturated rings. The summed E-state index contributed by atoms with van der Waals surface area (Å²) < 4.78 is 5.81. The van der Waals surface area contributed by atoms with Crippen LogP contribution in [0.25, 0.3) is 0 Å². The van der Waals surface area contributed by atoms with Gasteiger partial charge in [0.25, 0.3) is 0 Å². The summed E-state index contributed by atoms with van der Waals surface area (Å²) in [5.74, 6) is 0.361. The highest BCUT2D eigenvalue weighted by Gasteiger charge is 2.83. The molecule has 2 N–H and O–H groups in total. The molecule has 6 aliphatic rings. The van der Waals surface area contributed by atoms with Crippen LogP contribution in [0.3, 0.4) is 0 Å². The average molecular weight is 414 g/mol. The Morgan fingerprint density at radius 1 is 1.27 bits per heavy atom. The second kappa shape index (κ2) is 5.99. The van der Waals surface area contributed by atoms with Gasteiger partial charge in [-0.2, -0.15) is 0 Å². The van der Waals surface area contributed by atoms with E-state index in [4.69, 9.17) is 4.74 Å². The number of hydrogen-bond donors (Lipinski definition) is 2. The lowest BCUT2D eigenvalue weighted by Gasteiger charge is -2.67. The first-order valence-corrected chi connectivity index (χ1v) is 11.6. The predicted octanol–water partition coefficient (Wildman–Crippen LogP) is 1.63. The van der Waals surface area contributed by atoms with Gasteiger partial charge in [-0.3, -0.25) is 4.48 Å². The molecule has 0 radical (unpaired) electrons. The molecule has 1 spiro atoms. The van der Waals surface area contributed by atoms with Crippen molar-refractivity contribution in [1.82, 2.24) is 0 Å². The van der Waals surface area contributed by atoms with Gasteiger partial charge in [-0.15, -0.1) is 0 Å². The molecule has 5 bridgehead atoms. The lowest BCUT2D eigenvalue weighted by atomic mass is 9.60. The maximum atomic E-state index is 12.8. The molecule has 6 heteroatoms. The first-order chi connectivity index (χ1) is 14.4. The summed E-state index contributed by atoms with van der Waals surface area (Å²) in [6.45, 7) is 4.55. The van der Waals surface area contributed by atoms with Crippen LogP contribution in [0.4, 0.5) is 5.69 Å². The third kappa shape index (κ3) is 1.83. The van der Waals surface area contributed by atoms with Crippen molar-refractivity contribution < 1.29 is 24.2 Å². The number of esters is 1. The molecule has 6 unspecified atom stereocenters. The molecule has 0 amide bonds. The van der Waals surface area contributed by atoms with Crippen LogP contribution >= 0.6 is 0 Å². The number of benzene rings is 1. The molecule has 5 heterocycles. The van der Waals surface area contributed by atoms with Gasteiger partial charge in [0, 0.05) is 37.4 Å². The largest absolute Gasteiger partial charge is 0.462 e. The lowest BCUT2D eigenvalue weighted by molar-refractivity contribution is -1.03. The Morgan fingerprint density at radius 3 is 2.77 bits per heavy atom. The molecular formula is C24H33N2O4+. The van der Waals surface area contributed by atoms with Gasteiger partial charge in [-0.1, -0.05) is 25.1 Å².